The Morgan fingerprint density at radius 1 is 1.55 bits per heavy atom. The highest BCUT2D eigenvalue weighted by atomic mass is 32.2. The lowest BCUT2D eigenvalue weighted by atomic mass is 10.2. The average molecular weight is 178 g/mol. The summed E-state index contributed by atoms with van der Waals surface area (Å²) >= 11 is 0. The Morgan fingerprint density at radius 3 is 2.45 bits per heavy atom. The molecular weight excluding hydrogens is 164 g/mol. The molecule has 0 fully saturated rings. The molecule has 0 spiro atoms. The standard InChI is InChI=1S/C7H14O3S/c1-7(2)5-4-6-10-11(3,8)9/h1,4-6H2,2-3H3. The van der Waals surface area contributed by atoms with E-state index < -0.39 is 10.1 Å². The van der Waals surface area contributed by atoms with E-state index in [4.69, 9.17) is 0 Å². The molecule has 0 saturated heterocycles. The first-order valence-corrected chi connectivity index (χ1v) is 5.22. The highest BCUT2D eigenvalue weighted by Crippen LogP contribution is 2.01. The maximum Gasteiger partial charge on any atom is 0.264 e. The minimum atomic E-state index is -3.25. The van der Waals surface area contributed by atoms with E-state index in [1.807, 2.05) is 6.92 Å². The maximum atomic E-state index is 10.4. The SMILES string of the molecule is C=C(C)CCCOS(C)(=O)=O. The molecule has 0 aliphatic carbocycles. The van der Waals surface area contributed by atoms with Gasteiger partial charge in [0, 0.05) is 0 Å². The van der Waals surface area contributed by atoms with E-state index in [9.17, 15) is 8.42 Å². The summed E-state index contributed by atoms with van der Waals surface area (Å²) in [4.78, 5) is 0. The van der Waals surface area contributed by atoms with Gasteiger partial charge in [-0.2, -0.15) is 8.42 Å². The van der Waals surface area contributed by atoms with E-state index in [-0.39, 0.29) is 6.61 Å². The van der Waals surface area contributed by atoms with Gasteiger partial charge >= 0.3 is 0 Å². The molecule has 0 atom stereocenters. The Hall–Kier alpha value is -0.350. The minimum Gasteiger partial charge on any atom is -0.270 e. The third-order valence-corrected chi connectivity index (χ3v) is 1.64. The lowest BCUT2D eigenvalue weighted by Gasteiger charge is -1.99. The Bertz CT molecular complexity index is 216. The summed E-state index contributed by atoms with van der Waals surface area (Å²) in [6.07, 6.45) is 2.58. The van der Waals surface area contributed by atoms with Crippen molar-refractivity contribution in [2.45, 2.75) is 19.8 Å². The lowest BCUT2D eigenvalue weighted by Crippen LogP contribution is -2.03. The van der Waals surface area contributed by atoms with Crippen LogP contribution in [0.15, 0.2) is 12.2 Å². The van der Waals surface area contributed by atoms with Crippen LogP contribution in [0.2, 0.25) is 0 Å². The van der Waals surface area contributed by atoms with Gasteiger partial charge in [0.05, 0.1) is 12.9 Å². The third-order valence-electron chi connectivity index (χ3n) is 1.05. The molecule has 0 aromatic carbocycles. The number of allylic oxidation sites excluding steroid dienone is 1. The molecule has 0 N–H and O–H groups in total. The molecule has 11 heavy (non-hydrogen) atoms. The molecule has 0 aromatic rings. The van der Waals surface area contributed by atoms with Crippen molar-refractivity contribution in [1.29, 1.82) is 0 Å². The summed E-state index contributed by atoms with van der Waals surface area (Å²) in [6.45, 7) is 5.84. The average Bonchev–Trinajstić information content (AvgIpc) is 1.78. The van der Waals surface area contributed by atoms with Gasteiger partial charge in [0.25, 0.3) is 10.1 Å². The minimum absolute atomic E-state index is 0.256. The topological polar surface area (TPSA) is 43.4 Å². The molecular formula is C7H14O3S. The molecule has 66 valence electrons. The molecule has 0 aliphatic heterocycles. The third kappa shape index (κ3) is 9.65. The van der Waals surface area contributed by atoms with Crippen LogP contribution in [0.3, 0.4) is 0 Å². The van der Waals surface area contributed by atoms with E-state index in [2.05, 4.69) is 10.8 Å². The van der Waals surface area contributed by atoms with Crippen molar-refractivity contribution >= 4 is 10.1 Å². The lowest BCUT2D eigenvalue weighted by molar-refractivity contribution is 0.316. The number of rotatable bonds is 5. The quantitative estimate of drug-likeness (QED) is 0.362. The second-order valence-electron chi connectivity index (χ2n) is 2.59. The summed E-state index contributed by atoms with van der Waals surface area (Å²) in [7, 11) is -3.25. The van der Waals surface area contributed by atoms with Gasteiger partial charge in [-0.3, -0.25) is 4.18 Å². The van der Waals surface area contributed by atoms with E-state index >= 15 is 0 Å². The molecule has 0 aliphatic rings. The molecule has 0 unspecified atom stereocenters. The first-order chi connectivity index (χ1) is 4.92. The smallest absolute Gasteiger partial charge is 0.264 e. The van der Waals surface area contributed by atoms with Gasteiger partial charge in [-0.15, -0.1) is 6.58 Å². The Morgan fingerprint density at radius 2 is 2.09 bits per heavy atom. The summed E-state index contributed by atoms with van der Waals surface area (Å²) in [6, 6.07) is 0. The fourth-order valence-electron chi connectivity index (χ4n) is 0.584. The maximum absolute atomic E-state index is 10.4. The van der Waals surface area contributed by atoms with Gasteiger partial charge in [0.2, 0.25) is 0 Å². The predicted molar refractivity (Wildman–Crippen MR) is 44.8 cm³/mol. The molecule has 0 saturated carbocycles. The molecule has 0 bridgehead atoms. The first-order valence-electron chi connectivity index (χ1n) is 3.40. The number of hydrogen-bond acceptors (Lipinski definition) is 3. The van der Waals surface area contributed by atoms with Gasteiger partial charge in [-0.1, -0.05) is 5.57 Å². The highest BCUT2D eigenvalue weighted by molar-refractivity contribution is 7.85. The second-order valence-corrected chi connectivity index (χ2v) is 4.23. The van der Waals surface area contributed by atoms with Gasteiger partial charge in [0.1, 0.15) is 0 Å². The monoisotopic (exact) mass is 178 g/mol. The van der Waals surface area contributed by atoms with Crippen molar-refractivity contribution in [3.05, 3.63) is 12.2 Å². The largest absolute Gasteiger partial charge is 0.270 e. The van der Waals surface area contributed by atoms with Crippen molar-refractivity contribution in [3.8, 4) is 0 Å². The van der Waals surface area contributed by atoms with Gasteiger partial charge in [0.15, 0.2) is 0 Å². The van der Waals surface area contributed by atoms with E-state index in [0.717, 1.165) is 18.2 Å². The number of hydrogen-bond donors (Lipinski definition) is 0. The molecule has 0 radical (unpaired) electrons. The van der Waals surface area contributed by atoms with Gasteiger partial charge in [-0.25, -0.2) is 0 Å². The summed E-state index contributed by atoms with van der Waals surface area (Å²) in [5.41, 5.74) is 1.04. The molecule has 3 nitrogen and oxygen atoms in total. The fourth-order valence-corrected chi connectivity index (χ4v) is 1.00. The summed E-state index contributed by atoms with van der Waals surface area (Å²) in [5, 5.41) is 0. The van der Waals surface area contributed by atoms with Crippen molar-refractivity contribution in [2.24, 2.45) is 0 Å². The van der Waals surface area contributed by atoms with E-state index in [1.54, 1.807) is 0 Å². The Labute approximate surface area is 68.2 Å². The van der Waals surface area contributed by atoms with Crippen LogP contribution in [0.4, 0.5) is 0 Å². The summed E-state index contributed by atoms with van der Waals surface area (Å²) in [5.74, 6) is 0. The van der Waals surface area contributed by atoms with Crippen LogP contribution in [0.5, 0.6) is 0 Å². The zero-order valence-electron chi connectivity index (χ0n) is 6.96. The summed E-state index contributed by atoms with van der Waals surface area (Å²) < 4.78 is 25.4. The zero-order valence-corrected chi connectivity index (χ0v) is 7.78. The highest BCUT2D eigenvalue weighted by Gasteiger charge is 1.99. The van der Waals surface area contributed by atoms with Crippen LogP contribution < -0.4 is 0 Å². The van der Waals surface area contributed by atoms with E-state index in [0.29, 0.717) is 6.42 Å². The van der Waals surface area contributed by atoms with E-state index in [1.165, 1.54) is 0 Å². The van der Waals surface area contributed by atoms with Gasteiger partial charge in [-0.05, 0) is 19.8 Å². The molecule has 0 heterocycles. The fraction of sp³-hybridized carbons (Fsp3) is 0.714. The van der Waals surface area contributed by atoms with Crippen molar-refractivity contribution < 1.29 is 12.6 Å². The Kier molecular flexibility index (Phi) is 4.37. The predicted octanol–water partition coefficient (Wildman–Crippen LogP) is 1.32. The van der Waals surface area contributed by atoms with Crippen LogP contribution in [0, 0.1) is 0 Å². The van der Waals surface area contributed by atoms with Crippen molar-refractivity contribution in [3.63, 3.8) is 0 Å². The van der Waals surface area contributed by atoms with Crippen LogP contribution >= 0.6 is 0 Å². The molecule has 0 aromatic heterocycles. The van der Waals surface area contributed by atoms with Crippen LogP contribution in [-0.4, -0.2) is 21.3 Å². The zero-order chi connectivity index (χ0) is 8.91. The van der Waals surface area contributed by atoms with Crippen LogP contribution in [0.1, 0.15) is 19.8 Å². The normalized spacial score (nSPS) is 11.5. The van der Waals surface area contributed by atoms with Crippen molar-refractivity contribution in [2.75, 3.05) is 12.9 Å². The van der Waals surface area contributed by atoms with Crippen LogP contribution in [-0.2, 0) is 14.3 Å². The second kappa shape index (κ2) is 4.51. The van der Waals surface area contributed by atoms with Gasteiger partial charge < -0.3 is 0 Å². The molecule has 0 rings (SSSR count). The van der Waals surface area contributed by atoms with Crippen molar-refractivity contribution in [1.82, 2.24) is 0 Å². The molecule has 0 amide bonds. The van der Waals surface area contributed by atoms with Crippen LogP contribution in [0.25, 0.3) is 0 Å². The Balaban J connectivity index is 3.37. The first kappa shape index (κ1) is 10.7. The molecule has 4 heteroatoms.